The molecule has 23 heteroatoms. The molecule has 5 aromatic carbocycles. The first kappa shape index (κ1) is 76.5. The Morgan fingerprint density at radius 3 is 2.12 bits per heavy atom. The van der Waals surface area contributed by atoms with Crippen molar-refractivity contribution in [1.82, 2.24) is 45.1 Å². The highest BCUT2D eigenvalue weighted by atomic mass is 32.1. The number of methoxy groups -OCH3 is 1. The molecule has 110 heavy (non-hydrogen) atoms. The first-order valence-electron chi connectivity index (χ1n) is 39.6. The van der Waals surface area contributed by atoms with Crippen molar-refractivity contribution in [2.75, 3.05) is 82.7 Å². The number of ether oxygens (including phenoxy) is 4. The summed E-state index contributed by atoms with van der Waals surface area (Å²) < 4.78 is 55.8. The number of carbonyl (C=O) groups excluding carboxylic acids is 3. The lowest BCUT2D eigenvalue weighted by molar-refractivity contribution is -0.141. The number of hydrogen-bond donors (Lipinski definition) is 1. The number of aromatic nitrogens is 5. The third kappa shape index (κ3) is 15.6. The number of benzene rings is 5. The summed E-state index contributed by atoms with van der Waals surface area (Å²) in [6.45, 7) is 28.8. The van der Waals surface area contributed by atoms with Gasteiger partial charge in [0, 0.05) is 76.0 Å². The van der Waals surface area contributed by atoms with E-state index < -0.39 is 37.8 Å². The summed E-state index contributed by atoms with van der Waals surface area (Å²) in [5.74, 6) is 1.52. The zero-order valence-corrected chi connectivity index (χ0v) is 67.6. The molecule has 3 amide bonds. The average Bonchev–Trinajstić information content (AvgIpc) is 1.02. The zero-order valence-electron chi connectivity index (χ0n) is 65.8. The normalized spacial score (nSPS) is 20.3. The van der Waals surface area contributed by atoms with Crippen LogP contribution < -0.4 is 35.0 Å². The molecule has 4 aromatic heterocycles. The molecule has 20 nitrogen and oxygen atoms in total. The Balaban J connectivity index is 0.602. The van der Waals surface area contributed by atoms with Crippen LogP contribution in [0.4, 0.5) is 20.8 Å². The summed E-state index contributed by atoms with van der Waals surface area (Å²) in [5.41, 5.74) is 6.08. The van der Waals surface area contributed by atoms with Gasteiger partial charge in [-0.05, 0) is 172 Å². The second-order valence-electron chi connectivity index (χ2n) is 34.2. The third-order valence-electron chi connectivity index (χ3n) is 23.9. The second kappa shape index (κ2) is 31.4. The number of thiazole rings is 1. The number of likely N-dealkylation sites (tertiary alicyclic amines) is 2. The molecular formula is C87H106FN11O9SSi. The number of carbonyl (C=O) groups is 3. The van der Waals surface area contributed by atoms with E-state index in [1.165, 1.54) is 0 Å². The van der Waals surface area contributed by atoms with Gasteiger partial charge in [-0.2, -0.15) is 9.97 Å². The van der Waals surface area contributed by atoms with Crippen LogP contribution in [0.15, 0.2) is 138 Å². The summed E-state index contributed by atoms with van der Waals surface area (Å²) in [7, 11) is -1.53. The molecule has 6 fully saturated rings. The Labute approximate surface area is 650 Å². The number of piperidine rings is 1. The minimum absolute atomic E-state index is 0.0275. The summed E-state index contributed by atoms with van der Waals surface area (Å²) in [4.78, 5) is 75.6. The van der Waals surface area contributed by atoms with E-state index in [2.05, 4.69) is 137 Å². The lowest BCUT2D eigenvalue weighted by Crippen LogP contribution is -2.67. The molecule has 0 spiro atoms. The van der Waals surface area contributed by atoms with Gasteiger partial charge >= 0.3 is 12.1 Å². The number of anilines is 2. The highest BCUT2D eigenvalue weighted by molar-refractivity contribution is 7.13. The van der Waals surface area contributed by atoms with E-state index in [0.717, 1.165) is 138 Å². The Kier molecular flexibility index (Phi) is 21.8. The minimum atomic E-state index is -3.10. The lowest BCUT2D eigenvalue weighted by atomic mass is 9.83. The van der Waals surface area contributed by atoms with Gasteiger partial charge in [0.25, 0.3) is 8.32 Å². The van der Waals surface area contributed by atoms with Gasteiger partial charge in [-0.1, -0.05) is 150 Å². The van der Waals surface area contributed by atoms with Crippen molar-refractivity contribution in [3.63, 3.8) is 0 Å². The van der Waals surface area contributed by atoms with Crippen molar-refractivity contribution in [2.24, 2.45) is 23.2 Å². The molecule has 5 aliphatic heterocycles. The number of nitrogens with one attached hydrogen (secondary N) is 1. The highest BCUT2D eigenvalue weighted by Crippen LogP contribution is 2.49. The van der Waals surface area contributed by atoms with Gasteiger partial charge in [0.05, 0.1) is 52.3 Å². The number of halogens is 1. The van der Waals surface area contributed by atoms with Crippen LogP contribution in [0.5, 0.6) is 11.8 Å². The third-order valence-corrected chi connectivity index (χ3v) is 29.9. The molecule has 1 aliphatic carbocycles. The van der Waals surface area contributed by atoms with Crippen molar-refractivity contribution < 1.29 is 46.7 Å². The topological polar surface area (TPSA) is 203 Å². The van der Waals surface area contributed by atoms with Crippen LogP contribution in [0.3, 0.4) is 0 Å². The fourth-order valence-corrected chi connectivity index (χ4v) is 23.5. The smallest absolute Gasteiger partial charge is 0.410 e. The molecule has 2 bridgehead atoms. The van der Waals surface area contributed by atoms with E-state index in [9.17, 15) is 4.79 Å². The predicted octanol–water partition coefficient (Wildman–Crippen LogP) is 15.1. The summed E-state index contributed by atoms with van der Waals surface area (Å²) in [5, 5.41) is 12.2. The number of fused-ring (bicyclic) bond motifs is 4. The molecule has 9 aromatic rings. The molecule has 6 aliphatic rings. The molecule has 6 atom stereocenters. The van der Waals surface area contributed by atoms with Crippen LogP contribution in [-0.2, 0) is 29.9 Å². The second-order valence-corrected chi connectivity index (χ2v) is 39.3. The van der Waals surface area contributed by atoms with E-state index >= 15 is 14.0 Å². The summed E-state index contributed by atoms with van der Waals surface area (Å²) in [6, 6.07) is 39.9. The largest absolute Gasteiger partial charge is 0.468 e. The van der Waals surface area contributed by atoms with Crippen LogP contribution in [0.2, 0.25) is 5.04 Å². The fraction of sp³-hybridized carbons (Fsp3) is 0.494. The molecule has 1 N–H and O–H groups in total. The van der Waals surface area contributed by atoms with Gasteiger partial charge in [-0.3, -0.25) is 19.5 Å². The van der Waals surface area contributed by atoms with Gasteiger partial charge in [-0.25, -0.2) is 14.2 Å². The van der Waals surface area contributed by atoms with Crippen LogP contribution in [0, 0.1) is 35.9 Å². The Morgan fingerprint density at radius 1 is 0.791 bits per heavy atom. The number of rotatable bonds is 25. The standard InChI is InChI=1S/C87H106FN11O9SSi/c1-13-59-21-20-22-62-40-65(105-53-103-12)41-69(75(59)62)77-76(88)78-70(44-89-77)80(97-47-63-31-32-64(48-97)99(63)84(102)106-85(6,7)8)93-83(92-78)104-51-87(35-36-87)50-95-37-33-57(34-38-95)39-58-45-96(46-58)73-43-72(107-94-73)74(54(2)3)82(101)98-49-66(108-110(86(9,10)11,67-23-16-14-17-24-67)68-25-18-15-19-26-68)42-71(98)81(100)91-55(4)60-27-29-61(30-28-60)79-56(5)90-52-109-79/h14-30,40-41,43-44,52,54-55,57-58,63-64,66,71,74H,13,31-39,42,45-51,53H2,1-12H3,(H,91,100)/t55-,63?,64?,66+,71-,74?/m0/s1. The van der Waals surface area contributed by atoms with Crippen molar-refractivity contribution in [1.29, 1.82) is 0 Å². The number of amides is 3. The lowest BCUT2D eigenvalue weighted by Gasteiger charge is -2.44. The number of hydrogen-bond acceptors (Lipinski definition) is 18. The first-order chi connectivity index (χ1) is 52.9. The highest BCUT2D eigenvalue weighted by Gasteiger charge is 2.55. The van der Waals surface area contributed by atoms with E-state index in [-0.39, 0.29) is 83.0 Å². The van der Waals surface area contributed by atoms with E-state index in [1.54, 1.807) is 29.5 Å². The molecule has 0 radical (unpaired) electrons. The molecule has 3 unspecified atom stereocenters. The zero-order chi connectivity index (χ0) is 77.0. The molecule has 5 saturated heterocycles. The minimum Gasteiger partial charge on any atom is -0.468 e. The average molecular weight is 1530 g/mol. The van der Waals surface area contributed by atoms with Gasteiger partial charge in [0.15, 0.2) is 24.2 Å². The van der Waals surface area contributed by atoms with Gasteiger partial charge < -0.3 is 52.8 Å². The number of piperazine rings is 1. The van der Waals surface area contributed by atoms with Gasteiger partial charge in [0.1, 0.15) is 40.3 Å². The Morgan fingerprint density at radius 2 is 1.49 bits per heavy atom. The maximum atomic E-state index is 17.9. The van der Waals surface area contributed by atoms with Crippen molar-refractivity contribution in [3.05, 3.63) is 161 Å². The maximum absolute atomic E-state index is 17.9. The van der Waals surface area contributed by atoms with Gasteiger partial charge in [-0.15, -0.1) is 11.3 Å². The predicted molar refractivity (Wildman–Crippen MR) is 431 cm³/mol. The van der Waals surface area contributed by atoms with Crippen molar-refractivity contribution in [2.45, 2.75) is 181 Å². The van der Waals surface area contributed by atoms with E-state index in [1.807, 2.05) is 101 Å². The maximum Gasteiger partial charge on any atom is 0.410 e. The summed E-state index contributed by atoms with van der Waals surface area (Å²) >= 11 is 1.61. The molecule has 15 rings (SSSR count). The SMILES string of the molecule is CCc1cccc2cc(OCOC)cc(-c3ncc4c(N5CC6CCC(C5)N6C(=O)OC(C)(C)C)nc(OCC5(CN6CCC(CC7CN(c8cc(C(C(=O)N9C[C@H](O[Si](c%10ccccc%10)(c%10ccccc%10)C(C)(C)C)C[C@H]9C(=O)N[C@@H](C)c9ccc(-c%10scnc%10C)cc9)C(C)C)on8)C7)CC6)CC5)nc4c3F)c12. The van der Waals surface area contributed by atoms with E-state index in [0.29, 0.717) is 66.2 Å². The Bertz CT molecular complexity index is 4730. The van der Waals surface area contributed by atoms with Crippen LogP contribution in [0.25, 0.3) is 43.4 Å². The monoisotopic (exact) mass is 1530 g/mol. The number of pyridine rings is 1. The van der Waals surface area contributed by atoms with Crippen molar-refractivity contribution >= 4 is 81.2 Å². The summed E-state index contributed by atoms with van der Waals surface area (Å²) in [6.07, 6.45) is 8.95. The van der Waals surface area contributed by atoms with E-state index in [4.69, 9.17) is 42.8 Å². The number of nitrogens with zero attached hydrogens (tertiary/aromatic N) is 10. The first-order valence-corrected chi connectivity index (χ1v) is 42.4. The molecular weight excluding hydrogens is 1420 g/mol. The van der Waals surface area contributed by atoms with Crippen LogP contribution in [-0.4, -0.2) is 169 Å². The van der Waals surface area contributed by atoms with Crippen LogP contribution in [0.1, 0.15) is 155 Å². The molecule has 580 valence electrons. The fourth-order valence-electron chi connectivity index (χ4n) is 18.0. The Hall–Kier alpha value is -8.87. The van der Waals surface area contributed by atoms with Crippen LogP contribution >= 0.6 is 11.3 Å². The molecule has 1 saturated carbocycles. The quantitative estimate of drug-likeness (QED) is 0.0417. The van der Waals surface area contributed by atoms with Gasteiger partial charge in [0.2, 0.25) is 11.8 Å². The molecule has 9 heterocycles. The van der Waals surface area contributed by atoms with Crippen molar-refractivity contribution in [3.8, 4) is 33.5 Å². The number of aryl methyl sites for hydroxylation is 2.